The summed E-state index contributed by atoms with van der Waals surface area (Å²) in [7, 11) is 0. The summed E-state index contributed by atoms with van der Waals surface area (Å²) in [5, 5.41) is 38.3. The molecule has 0 aliphatic heterocycles. The maximum atomic E-state index is 9.76. The van der Waals surface area contributed by atoms with Crippen LogP contribution in [0.25, 0.3) is 0 Å². The normalized spacial score (nSPS) is 7.83. The Morgan fingerprint density at radius 2 is 0.944 bits per heavy atom. The summed E-state index contributed by atoms with van der Waals surface area (Å²) >= 11 is 0. The molecule has 98 valence electrons. The van der Waals surface area contributed by atoms with Crippen LogP contribution in [0.3, 0.4) is 0 Å². The molecule has 0 bridgehead atoms. The first-order valence-corrected chi connectivity index (χ1v) is 3.08. The molecular formula is C4H4NNaO12. The first-order valence-electron chi connectivity index (χ1n) is 3.08. The maximum absolute atomic E-state index is 9.76. The van der Waals surface area contributed by atoms with Gasteiger partial charge in [0.1, 0.15) is 0 Å². The standard InChI is InChI=1S/C3H3NO9.CH2O3.Na/c5-1(6)11-4(12-2(7)8)13-3(9)10;2-1(3)4;/h(H,5,6)(H,7,8)(H,9,10);(H2,2,3,4);/q;;+1/p-1. The molecule has 0 radical (unpaired) electrons. The number of carbonyl (C=O) groups is 4. The Kier molecular flexibility index (Phi) is 13.7. The topological polar surface area (TPSA) is 203 Å². The van der Waals surface area contributed by atoms with Gasteiger partial charge in [-0.05, 0) is 0 Å². The number of hydrogen-bond donors (Lipinski definition) is 4. The van der Waals surface area contributed by atoms with Gasteiger partial charge in [0.05, 0.1) is 0 Å². The Hall–Kier alpha value is -1.96. The van der Waals surface area contributed by atoms with Crippen LogP contribution in [0.2, 0.25) is 0 Å². The van der Waals surface area contributed by atoms with Crippen LogP contribution in [0.1, 0.15) is 0 Å². The third kappa shape index (κ3) is 23.7. The number of nitrogens with zero attached hydrogens (tertiary/aromatic N) is 1. The Morgan fingerprint density at radius 1 is 0.778 bits per heavy atom. The van der Waals surface area contributed by atoms with Crippen molar-refractivity contribution >= 4 is 24.6 Å². The van der Waals surface area contributed by atoms with Gasteiger partial charge in [-0.2, -0.15) is 0 Å². The SMILES string of the molecule is O=C(O)ON(OC(=O)O)OC(=O)O.O=C([O-])O.[Na+]. The molecule has 0 rings (SSSR count). The predicted molar refractivity (Wildman–Crippen MR) is 37.2 cm³/mol. The quantitative estimate of drug-likeness (QED) is 0.288. The van der Waals surface area contributed by atoms with E-state index in [9.17, 15) is 14.4 Å². The molecule has 0 aromatic rings. The average molecular weight is 281 g/mol. The van der Waals surface area contributed by atoms with Crippen molar-refractivity contribution in [2.24, 2.45) is 0 Å². The molecule has 0 unspecified atom stereocenters. The van der Waals surface area contributed by atoms with Crippen molar-refractivity contribution in [3.05, 3.63) is 0 Å². The Labute approximate surface area is 119 Å². The second kappa shape index (κ2) is 11.5. The van der Waals surface area contributed by atoms with Crippen LogP contribution in [0.5, 0.6) is 0 Å². The van der Waals surface area contributed by atoms with Crippen molar-refractivity contribution < 1.29 is 88.8 Å². The summed E-state index contributed by atoms with van der Waals surface area (Å²) in [5.74, 6) is 0. The van der Waals surface area contributed by atoms with E-state index < -0.39 is 30.0 Å². The van der Waals surface area contributed by atoms with Gasteiger partial charge < -0.3 is 30.3 Å². The van der Waals surface area contributed by atoms with E-state index in [1.807, 2.05) is 0 Å². The smallest absolute Gasteiger partial charge is 0.565 e. The van der Waals surface area contributed by atoms with Crippen LogP contribution in [-0.4, -0.2) is 50.4 Å². The van der Waals surface area contributed by atoms with Crippen molar-refractivity contribution in [1.29, 1.82) is 0 Å². The molecule has 0 spiro atoms. The molecule has 0 aromatic carbocycles. The molecule has 0 saturated heterocycles. The van der Waals surface area contributed by atoms with E-state index in [0.717, 1.165) is 0 Å². The number of carboxylic acid groups (broad SMARTS) is 5. The minimum Gasteiger partial charge on any atom is -0.565 e. The van der Waals surface area contributed by atoms with Gasteiger partial charge in [-0.15, -0.1) is 0 Å². The Morgan fingerprint density at radius 3 is 1.06 bits per heavy atom. The Balaban J connectivity index is -0.000000392. The van der Waals surface area contributed by atoms with Gasteiger partial charge in [0.15, 0.2) is 0 Å². The van der Waals surface area contributed by atoms with Crippen molar-refractivity contribution in [2.75, 3.05) is 0 Å². The van der Waals surface area contributed by atoms with Gasteiger partial charge in [-0.1, -0.05) is 0 Å². The monoisotopic (exact) mass is 281 g/mol. The van der Waals surface area contributed by atoms with Crippen molar-refractivity contribution in [3.63, 3.8) is 0 Å². The molecule has 0 saturated carbocycles. The summed E-state index contributed by atoms with van der Waals surface area (Å²) in [5.41, 5.74) is 0. The largest absolute Gasteiger partial charge is 1.00 e. The van der Waals surface area contributed by atoms with E-state index in [1.165, 1.54) is 0 Å². The molecule has 0 fully saturated rings. The minimum atomic E-state index is -2.08. The minimum absolute atomic E-state index is 0. The first kappa shape index (κ1) is 21.3. The molecule has 0 aromatic heterocycles. The summed E-state index contributed by atoms with van der Waals surface area (Å²) in [6, 6.07) is 0. The van der Waals surface area contributed by atoms with Crippen LogP contribution in [0.15, 0.2) is 0 Å². The van der Waals surface area contributed by atoms with E-state index in [2.05, 4.69) is 14.5 Å². The van der Waals surface area contributed by atoms with E-state index in [-0.39, 0.29) is 29.6 Å². The number of rotatable bonds is 3. The molecule has 0 amide bonds. The zero-order chi connectivity index (χ0) is 14.0. The maximum Gasteiger partial charge on any atom is 1.00 e. The fourth-order valence-corrected chi connectivity index (χ4v) is 0.247. The van der Waals surface area contributed by atoms with Crippen LogP contribution in [0, 0.1) is 0 Å². The molecule has 14 heteroatoms. The average Bonchev–Trinajstić information content (AvgIpc) is 1.96. The van der Waals surface area contributed by atoms with Crippen LogP contribution < -0.4 is 34.7 Å². The zero-order valence-electron chi connectivity index (χ0n) is 8.50. The molecule has 0 atom stereocenters. The second-order valence-corrected chi connectivity index (χ2v) is 1.56. The fourth-order valence-electron chi connectivity index (χ4n) is 0.247. The van der Waals surface area contributed by atoms with Crippen molar-refractivity contribution in [1.82, 2.24) is 5.39 Å². The van der Waals surface area contributed by atoms with Gasteiger partial charge >= 0.3 is 48.0 Å². The van der Waals surface area contributed by atoms with Gasteiger partial charge in [0, 0.05) is 0 Å². The zero-order valence-corrected chi connectivity index (χ0v) is 10.5. The van der Waals surface area contributed by atoms with E-state index in [0.29, 0.717) is 0 Å². The number of hydrogen-bond acceptors (Lipinski definition) is 9. The van der Waals surface area contributed by atoms with Gasteiger partial charge in [-0.3, -0.25) is 14.5 Å². The van der Waals surface area contributed by atoms with E-state index >= 15 is 0 Å². The van der Waals surface area contributed by atoms with Gasteiger partial charge in [-0.25, -0.2) is 14.4 Å². The van der Waals surface area contributed by atoms with E-state index in [4.69, 9.17) is 30.3 Å². The summed E-state index contributed by atoms with van der Waals surface area (Å²) in [6.07, 6.45) is -8.12. The van der Waals surface area contributed by atoms with E-state index in [1.54, 1.807) is 0 Å². The summed E-state index contributed by atoms with van der Waals surface area (Å²) in [6.45, 7) is 0. The Bertz CT molecular complexity index is 260. The second-order valence-electron chi connectivity index (χ2n) is 1.56. The third-order valence-corrected chi connectivity index (χ3v) is 0.458. The van der Waals surface area contributed by atoms with Crippen molar-refractivity contribution in [3.8, 4) is 0 Å². The van der Waals surface area contributed by atoms with Crippen LogP contribution in [0.4, 0.5) is 19.2 Å². The molecular weight excluding hydrogens is 277 g/mol. The van der Waals surface area contributed by atoms with Crippen LogP contribution in [-0.2, 0) is 14.5 Å². The summed E-state index contributed by atoms with van der Waals surface area (Å²) in [4.78, 5) is 48.0. The molecule has 18 heavy (non-hydrogen) atoms. The van der Waals surface area contributed by atoms with Gasteiger partial charge in [0.2, 0.25) is 6.16 Å². The summed E-state index contributed by atoms with van der Waals surface area (Å²) < 4.78 is 0. The molecule has 0 aliphatic carbocycles. The molecule has 13 nitrogen and oxygen atoms in total. The molecule has 0 aliphatic rings. The van der Waals surface area contributed by atoms with Gasteiger partial charge in [0.25, 0.3) is 5.39 Å². The molecule has 4 N–H and O–H groups in total. The first-order chi connectivity index (χ1) is 7.65. The predicted octanol–water partition coefficient (Wildman–Crippen LogP) is -3.99. The molecule has 0 heterocycles. The van der Waals surface area contributed by atoms with Crippen molar-refractivity contribution in [2.45, 2.75) is 0 Å². The third-order valence-electron chi connectivity index (χ3n) is 0.458. The fraction of sp³-hybridized carbons (Fsp3) is 0. The van der Waals surface area contributed by atoms with Crippen LogP contribution >= 0.6 is 0 Å².